The molecule has 0 spiro atoms. The van der Waals surface area contributed by atoms with Crippen LogP contribution < -0.4 is 5.73 Å². The third-order valence-corrected chi connectivity index (χ3v) is 3.72. The summed E-state index contributed by atoms with van der Waals surface area (Å²) >= 11 is 0. The Morgan fingerprint density at radius 1 is 1.35 bits per heavy atom. The highest BCUT2D eigenvalue weighted by Crippen LogP contribution is 2.33. The van der Waals surface area contributed by atoms with E-state index in [1.165, 1.54) is 7.11 Å². The molecule has 1 aliphatic heterocycles. The summed E-state index contributed by atoms with van der Waals surface area (Å²) in [7, 11) is 1.36. The number of hydrogen-bond donors (Lipinski definition) is 1. The van der Waals surface area contributed by atoms with Gasteiger partial charge in [-0.1, -0.05) is 6.07 Å². The molecular formula is C14H14F4N2O3. The summed E-state index contributed by atoms with van der Waals surface area (Å²) in [6.45, 7) is -0.0569. The van der Waals surface area contributed by atoms with E-state index in [4.69, 9.17) is 10.5 Å². The number of benzene rings is 1. The Labute approximate surface area is 129 Å². The Balaban J connectivity index is 2.39. The van der Waals surface area contributed by atoms with E-state index in [2.05, 4.69) is 0 Å². The highest BCUT2D eigenvalue weighted by Gasteiger charge is 2.41. The van der Waals surface area contributed by atoms with Crippen molar-refractivity contribution in [1.82, 2.24) is 4.90 Å². The summed E-state index contributed by atoms with van der Waals surface area (Å²) in [4.78, 5) is 24.7. The van der Waals surface area contributed by atoms with Crippen molar-refractivity contribution in [2.45, 2.75) is 24.7 Å². The molecule has 0 bridgehead atoms. The minimum atomic E-state index is -4.93. The third kappa shape index (κ3) is 3.29. The van der Waals surface area contributed by atoms with E-state index >= 15 is 0 Å². The third-order valence-electron chi connectivity index (χ3n) is 3.72. The lowest BCUT2D eigenvalue weighted by Gasteiger charge is -2.22. The second-order valence-corrected chi connectivity index (χ2v) is 5.13. The van der Waals surface area contributed by atoms with Crippen molar-refractivity contribution in [2.75, 3.05) is 13.7 Å². The standard InChI is InChI=1S/C14H14F4N2O3/c1-23-7-5-10(12(19)21)20(6-7)13(22)8-3-2-4-9(11(8)15)14(16,17)18/h2-4,7,10H,5-6H2,1H3,(H2,19,21)/t7-,10-/m0/s1. The molecule has 0 aromatic heterocycles. The van der Waals surface area contributed by atoms with E-state index in [9.17, 15) is 27.2 Å². The van der Waals surface area contributed by atoms with Crippen LogP contribution in [0.4, 0.5) is 17.6 Å². The molecule has 2 amide bonds. The first-order valence-corrected chi connectivity index (χ1v) is 6.65. The molecule has 2 atom stereocenters. The summed E-state index contributed by atoms with van der Waals surface area (Å²) in [5.74, 6) is -3.53. The van der Waals surface area contributed by atoms with Crippen molar-refractivity contribution in [3.8, 4) is 0 Å². The molecule has 1 fully saturated rings. The fraction of sp³-hybridized carbons (Fsp3) is 0.429. The number of carbonyl (C=O) groups is 2. The van der Waals surface area contributed by atoms with Gasteiger partial charge in [0, 0.05) is 20.1 Å². The molecule has 0 radical (unpaired) electrons. The number of amides is 2. The second-order valence-electron chi connectivity index (χ2n) is 5.13. The van der Waals surface area contributed by atoms with Gasteiger partial charge in [-0.05, 0) is 12.1 Å². The Bertz CT molecular complexity index is 633. The van der Waals surface area contributed by atoms with Crippen molar-refractivity contribution in [3.63, 3.8) is 0 Å². The van der Waals surface area contributed by atoms with Crippen molar-refractivity contribution in [2.24, 2.45) is 5.73 Å². The number of rotatable bonds is 3. The normalized spacial score (nSPS) is 21.5. The van der Waals surface area contributed by atoms with Crippen LogP contribution in [0.15, 0.2) is 18.2 Å². The van der Waals surface area contributed by atoms with E-state index in [-0.39, 0.29) is 13.0 Å². The quantitative estimate of drug-likeness (QED) is 0.853. The molecule has 1 aromatic carbocycles. The van der Waals surface area contributed by atoms with Crippen molar-refractivity contribution in [1.29, 1.82) is 0 Å². The summed E-state index contributed by atoms with van der Waals surface area (Å²) in [5.41, 5.74) is 2.89. The van der Waals surface area contributed by atoms with E-state index in [1.54, 1.807) is 0 Å². The van der Waals surface area contributed by atoms with Gasteiger partial charge in [-0.25, -0.2) is 4.39 Å². The molecule has 1 saturated heterocycles. The lowest BCUT2D eigenvalue weighted by atomic mass is 10.1. The van der Waals surface area contributed by atoms with E-state index in [0.29, 0.717) is 6.07 Å². The number of nitrogens with zero attached hydrogens (tertiary/aromatic N) is 1. The molecule has 2 rings (SSSR count). The van der Waals surface area contributed by atoms with Gasteiger partial charge in [0.2, 0.25) is 5.91 Å². The Hall–Kier alpha value is -2.16. The maximum Gasteiger partial charge on any atom is 0.419 e. The summed E-state index contributed by atoms with van der Waals surface area (Å²) in [6.07, 6.45) is -5.31. The minimum absolute atomic E-state index is 0.0569. The van der Waals surface area contributed by atoms with Gasteiger partial charge < -0.3 is 15.4 Å². The molecule has 1 aromatic rings. The maximum absolute atomic E-state index is 14.1. The summed E-state index contributed by atoms with van der Waals surface area (Å²) < 4.78 is 57.3. The van der Waals surface area contributed by atoms with Gasteiger partial charge in [-0.15, -0.1) is 0 Å². The van der Waals surface area contributed by atoms with Gasteiger partial charge >= 0.3 is 6.18 Å². The molecule has 5 nitrogen and oxygen atoms in total. The summed E-state index contributed by atoms with van der Waals surface area (Å²) in [5, 5.41) is 0. The zero-order valence-corrected chi connectivity index (χ0v) is 12.1. The van der Waals surface area contributed by atoms with Crippen LogP contribution in [-0.4, -0.2) is 42.5 Å². The number of halogens is 4. The summed E-state index contributed by atoms with van der Waals surface area (Å²) in [6, 6.07) is 1.36. The van der Waals surface area contributed by atoms with Crippen molar-refractivity contribution in [3.05, 3.63) is 35.1 Å². The molecule has 9 heteroatoms. The number of nitrogens with two attached hydrogens (primary N) is 1. The van der Waals surface area contributed by atoms with Crippen LogP contribution in [0.5, 0.6) is 0 Å². The van der Waals surface area contributed by atoms with Crippen LogP contribution in [0.2, 0.25) is 0 Å². The zero-order chi connectivity index (χ0) is 17.4. The number of hydrogen-bond acceptors (Lipinski definition) is 3. The first-order valence-electron chi connectivity index (χ1n) is 6.65. The highest BCUT2D eigenvalue weighted by molar-refractivity contribution is 5.98. The monoisotopic (exact) mass is 334 g/mol. The fourth-order valence-electron chi connectivity index (χ4n) is 2.53. The molecule has 2 N–H and O–H groups in total. The Kier molecular flexibility index (Phi) is 4.60. The van der Waals surface area contributed by atoms with Gasteiger partial charge in [0.15, 0.2) is 0 Å². The topological polar surface area (TPSA) is 72.6 Å². The van der Waals surface area contributed by atoms with Crippen LogP contribution in [0.3, 0.4) is 0 Å². The highest BCUT2D eigenvalue weighted by atomic mass is 19.4. The number of likely N-dealkylation sites (tertiary alicyclic amines) is 1. The second kappa shape index (κ2) is 6.15. The number of methoxy groups -OCH3 is 1. The molecule has 126 valence electrons. The molecule has 0 unspecified atom stereocenters. The smallest absolute Gasteiger partial charge is 0.380 e. The SMILES string of the molecule is CO[C@H]1C[C@@H](C(N)=O)N(C(=O)c2cccc(C(F)(F)F)c2F)C1. The molecule has 0 saturated carbocycles. The lowest BCUT2D eigenvalue weighted by Crippen LogP contribution is -2.44. The Morgan fingerprint density at radius 2 is 2.00 bits per heavy atom. The van der Waals surface area contributed by atoms with Gasteiger partial charge in [0.1, 0.15) is 11.9 Å². The number of alkyl halides is 3. The zero-order valence-electron chi connectivity index (χ0n) is 12.1. The average molecular weight is 334 g/mol. The van der Waals surface area contributed by atoms with Crippen molar-refractivity contribution >= 4 is 11.8 Å². The lowest BCUT2D eigenvalue weighted by molar-refractivity contribution is -0.140. The molecular weight excluding hydrogens is 320 g/mol. The first kappa shape index (κ1) is 17.2. The van der Waals surface area contributed by atoms with Gasteiger partial charge in [-0.3, -0.25) is 9.59 Å². The maximum atomic E-state index is 14.1. The average Bonchev–Trinajstić information content (AvgIpc) is 2.90. The number of primary amides is 1. The fourth-order valence-corrected chi connectivity index (χ4v) is 2.53. The predicted octanol–water partition coefficient (Wildman–Crippen LogP) is 1.56. The predicted molar refractivity (Wildman–Crippen MR) is 70.8 cm³/mol. The van der Waals surface area contributed by atoms with E-state index in [0.717, 1.165) is 17.0 Å². The Morgan fingerprint density at radius 3 is 2.52 bits per heavy atom. The number of carbonyl (C=O) groups excluding carboxylic acids is 2. The van der Waals surface area contributed by atoms with Crippen LogP contribution >= 0.6 is 0 Å². The van der Waals surface area contributed by atoms with Crippen LogP contribution in [-0.2, 0) is 15.7 Å². The van der Waals surface area contributed by atoms with Crippen molar-refractivity contribution < 1.29 is 31.9 Å². The van der Waals surface area contributed by atoms with E-state index in [1.807, 2.05) is 0 Å². The van der Waals surface area contributed by atoms with E-state index < -0.39 is 47.1 Å². The van der Waals surface area contributed by atoms with Crippen LogP contribution in [0, 0.1) is 5.82 Å². The van der Waals surface area contributed by atoms with Gasteiger partial charge in [0.05, 0.1) is 17.2 Å². The minimum Gasteiger partial charge on any atom is -0.380 e. The first-order chi connectivity index (χ1) is 10.7. The number of ether oxygens (including phenoxy) is 1. The van der Waals surface area contributed by atoms with Crippen LogP contribution in [0.1, 0.15) is 22.3 Å². The molecule has 0 aliphatic carbocycles. The molecule has 1 aliphatic rings. The largest absolute Gasteiger partial charge is 0.419 e. The van der Waals surface area contributed by atoms with Gasteiger partial charge in [-0.2, -0.15) is 13.2 Å². The molecule has 1 heterocycles. The van der Waals surface area contributed by atoms with Crippen LogP contribution in [0.25, 0.3) is 0 Å². The molecule has 23 heavy (non-hydrogen) atoms. The van der Waals surface area contributed by atoms with Gasteiger partial charge in [0.25, 0.3) is 5.91 Å².